The van der Waals surface area contributed by atoms with Crippen LogP contribution in [0.25, 0.3) is 0 Å². The molecule has 0 spiro atoms. The van der Waals surface area contributed by atoms with Gasteiger partial charge in [-0.05, 0) is 38.0 Å². The molecule has 156 valence electrons. The lowest BCUT2D eigenvalue weighted by molar-refractivity contribution is -0.137. The normalized spacial score (nSPS) is 14.4. The fourth-order valence-corrected chi connectivity index (χ4v) is 3.47. The highest BCUT2D eigenvalue weighted by Gasteiger charge is 2.37. The highest BCUT2D eigenvalue weighted by molar-refractivity contribution is 6.18. The number of hydrogen-bond acceptors (Lipinski definition) is 6. The van der Waals surface area contributed by atoms with Crippen LogP contribution in [0.5, 0.6) is 0 Å². The molecule has 1 aromatic carbocycles. The molecule has 0 atom stereocenters. The van der Waals surface area contributed by atoms with Gasteiger partial charge in [0, 0.05) is 29.4 Å². The maximum atomic E-state index is 12.5. The largest absolute Gasteiger partial charge is 0.466 e. The van der Waals surface area contributed by atoms with E-state index in [9.17, 15) is 14.4 Å². The number of allylic oxidation sites excluding steroid dienone is 2. The van der Waals surface area contributed by atoms with Gasteiger partial charge in [0.1, 0.15) is 0 Å². The summed E-state index contributed by atoms with van der Waals surface area (Å²) in [5, 5.41) is 5.87. The minimum absolute atomic E-state index is 0.159. The molecule has 1 aliphatic heterocycles. The number of alkyl halides is 1. The molecule has 2 N–H and O–H groups in total. The second-order valence-corrected chi connectivity index (χ2v) is 6.96. The minimum atomic E-state index is -0.698. The van der Waals surface area contributed by atoms with Gasteiger partial charge in [0.15, 0.2) is 0 Å². The fourth-order valence-electron chi connectivity index (χ4n) is 3.34. The number of nitrogens with one attached hydrogen (secondary N) is 2. The zero-order valence-electron chi connectivity index (χ0n) is 16.9. The third-order valence-corrected chi connectivity index (χ3v) is 4.88. The number of esters is 2. The number of methoxy groups -OCH3 is 2. The third kappa shape index (κ3) is 5.17. The van der Waals surface area contributed by atoms with Crippen molar-refractivity contribution in [3.63, 3.8) is 0 Å². The lowest BCUT2D eigenvalue weighted by Crippen LogP contribution is -2.32. The van der Waals surface area contributed by atoms with E-state index in [1.165, 1.54) is 14.2 Å². The molecule has 0 unspecified atom stereocenters. The molecule has 1 amide bonds. The van der Waals surface area contributed by atoms with E-state index in [1.807, 2.05) is 0 Å². The van der Waals surface area contributed by atoms with Crippen molar-refractivity contribution < 1.29 is 23.9 Å². The maximum Gasteiger partial charge on any atom is 0.336 e. The van der Waals surface area contributed by atoms with Gasteiger partial charge in [0.2, 0.25) is 5.91 Å². The van der Waals surface area contributed by atoms with Gasteiger partial charge in [-0.25, -0.2) is 9.59 Å². The fraction of sp³-hybridized carbons (Fsp3) is 0.381. The highest BCUT2D eigenvalue weighted by atomic mass is 35.5. The maximum absolute atomic E-state index is 12.5. The van der Waals surface area contributed by atoms with Gasteiger partial charge in [0.25, 0.3) is 0 Å². The molecule has 0 aliphatic carbocycles. The molecule has 8 heteroatoms. The van der Waals surface area contributed by atoms with Crippen LogP contribution in [0.2, 0.25) is 0 Å². The van der Waals surface area contributed by atoms with Crippen LogP contribution in [0.15, 0.2) is 46.8 Å². The van der Waals surface area contributed by atoms with Gasteiger partial charge in [-0.1, -0.05) is 12.1 Å². The lowest BCUT2D eigenvalue weighted by Gasteiger charge is -2.30. The third-order valence-electron chi connectivity index (χ3n) is 4.61. The Bertz CT molecular complexity index is 838. The van der Waals surface area contributed by atoms with Gasteiger partial charge in [0.05, 0.1) is 31.3 Å². The van der Waals surface area contributed by atoms with E-state index in [0.29, 0.717) is 52.5 Å². The van der Waals surface area contributed by atoms with Gasteiger partial charge in [-0.3, -0.25) is 4.79 Å². The van der Waals surface area contributed by atoms with E-state index in [1.54, 1.807) is 38.1 Å². The summed E-state index contributed by atoms with van der Waals surface area (Å²) < 4.78 is 9.91. The van der Waals surface area contributed by atoms with Crippen LogP contribution in [-0.4, -0.2) is 37.9 Å². The zero-order chi connectivity index (χ0) is 21.6. The summed E-state index contributed by atoms with van der Waals surface area (Å²) in [6.45, 7) is 3.49. The first-order valence-corrected chi connectivity index (χ1v) is 9.68. The van der Waals surface area contributed by atoms with Crippen molar-refractivity contribution in [2.24, 2.45) is 0 Å². The summed E-state index contributed by atoms with van der Waals surface area (Å²) in [5.74, 6) is -1.55. The van der Waals surface area contributed by atoms with Crippen LogP contribution in [-0.2, 0) is 23.9 Å². The SMILES string of the molecule is COC(=O)C1=C(C)NC(C)=C(C(=O)OC)C1c1cccc(NC(=O)CCCCl)c1. The molecule has 1 aliphatic rings. The molecule has 0 fully saturated rings. The monoisotopic (exact) mass is 420 g/mol. The molecule has 0 saturated carbocycles. The van der Waals surface area contributed by atoms with Gasteiger partial charge in [-0.15, -0.1) is 11.6 Å². The Labute approximate surface area is 175 Å². The van der Waals surface area contributed by atoms with Crippen LogP contribution in [0.4, 0.5) is 5.69 Å². The average molecular weight is 421 g/mol. The van der Waals surface area contributed by atoms with Crippen LogP contribution in [0.3, 0.4) is 0 Å². The van der Waals surface area contributed by atoms with E-state index >= 15 is 0 Å². The van der Waals surface area contributed by atoms with Crippen molar-refractivity contribution in [1.82, 2.24) is 5.32 Å². The molecule has 0 saturated heterocycles. The number of ether oxygens (including phenoxy) is 2. The van der Waals surface area contributed by atoms with E-state index in [4.69, 9.17) is 21.1 Å². The lowest BCUT2D eigenvalue weighted by atomic mass is 9.80. The molecule has 0 bridgehead atoms. The summed E-state index contributed by atoms with van der Waals surface area (Å²) in [6.07, 6.45) is 0.879. The summed E-state index contributed by atoms with van der Waals surface area (Å²) in [5.41, 5.74) is 3.01. The first-order chi connectivity index (χ1) is 13.8. The summed E-state index contributed by atoms with van der Waals surface area (Å²) in [7, 11) is 2.58. The number of carbonyl (C=O) groups is 3. The number of dihydropyridines is 1. The van der Waals surface area contributed by atoms with Crippen LogP contribution in [0.1, 0.15) is 38.2 Å². The standard InChI is InChI=1S/C21H25ClN2O5/c1-12-17(20(26)28-3)19(18(13(2)23-12)21(27)29-4)14-7-5-8-15(11-14)24-16(25)9-6-10-22/h5,7-8,11,19,23H,6,9-10H2,1-4H3,(H,24,25). The van der Waals surface area contributed by atoms with Crippen LogP contribution < -0.4 is 10.6 Å². The first kappa shape index (κ1) is 22.5. The Morgan fingerprint density at radius 1 is 1.07 bits per heavy atom. The highest BCUT2D eigenvalue weighted by Crippen LogP contribution is 2.39. The Balaban J connectivity index is 2.52. The number of rotatable bonds is 7. The van der Waals surface area contributed by atoms with Gasteiger partial charge >= 0.3 is 11.9 Å². The second kappa shape index (κ2) is 10.1. The van der Waals surface area contributed by atoms with Crippen molar-refractivity contribution in [2.75, 3.05) is 25.4 Å². The van der Waals surface area contributed by atoms with E-state index in [0.717, 1.165) is 0 Å². The smallest absolute Gasteiger partial charge is 0.336 e. The number of anilines is 1. The van der Waals surface area contributed by atoms with E-state index in [2.05, 4.69) is 10.6 Å². The van der Waals surface area contributed by atoms with E-state index in [-0.39, 0.29) is 5.91 Å². The van der Waals surface area contributed by atoms with Crippen molar-refractivity contribution in [3.05, 3.63) is 52.4 Å². The van der Waals surface area contributed by atoms with Crippen LogP contribution >= 0.6 is 11.6 Å². The zero-order valence-corrected chi connectivity index (χ0v) is 17.7. The number of carbonyl (C=O) groups excluding carboxylic acids is 3. The molecule has 0 aromatic heterocycles. The van der Waals surface area contributed by atoms with Crippen molar-refractivity contribution in [2.45, 2.75) is 32.6 Å². The first-order valence-electron chi connectivity index (χ1n) is 9.15. The molecule has 1 aromatic rings. The van der Waals surface area contributed by atoms with Crippen LogP contribution in [0, 0.1) is 0 Å². The van der Waals surface area contributed by atoms with Crippen molar-refractivity contribution in [3.8, 4) is 0 Å². The molecular formula is C21H25ClN2O5. The Morgan fingerprint density at radius 2 is 1.66 bits per heavy atom. The van der Waals surface area contributed by atoms with E-state index < -0.39 is 17.9 Å². The predicted octanol–water partition coefficient (Wildman–Crippen LogP) is 3.22. The Morgan fingerprint density at radius 3 is 2.17 bits per heavy atom. The molecule has 29 heavy (non-hydrogen) atoms. The number of amides is 1. The van der Waals surface area contributed by atoms with Gasteiger partial charge < -0.3 is 20.1 Å². The van der Waals surface area contributed by atoms with Crippen molar-refractivity contribution in [1.29, 1.82) is 0 Å². The average Bonchev–Trinajstić information content (AvgIpc) is 2.70. The minimum Gasteiger partial charge on any atom is -0.466 e. The number of benzene rings is 1. The Hall–Kier alpha value is -2.80. The number of hydrogen-bond donors (Lipinski definition) is 2. The molecular weight excluding hydrogens is 396 g/mol. The number of halogens is 1. The van der Waals surface area contributed by atoms with Gasteiger partial charge in [-0.2, -0.15) is 0 Å². The topological polar surface area (TPSA) is 93.7 Å². The molecule has 7 nitrogen and oxygen atoms in total. The predicted molar refractivity (Wildman–Crippen MR) is 110 cm³/mol. The molecule has 1 heterocycles. The second-order valence-electron chi connectivity index (χ2n) is 6.58. The molecule has 0 radical (unpaired) electrons. The summed E-state index contributed by atoms with van der Waals surface area (Å²) in [6, 6.07) is 7.02. The quantitative estimate of drug-likeness (QED) is 0.519. The summed E-state index contributed by atoms with van der Waals surface area (Å²) in [4.78, 5) is 37.1. The summed E-state index contributed by atoms with van der Waals surface area (Å²) >= 11 is 5.64. The van der Waals surface area contributed by atoms with Crippen molar-refractivity contribution >= 4 is 35.1 Å². The molecule has 2 rings (SSSR count). The Kier molecular flexibility index (Phi) is 7.84.